The first-order chi connectivity index (χ1) is 10.9. The normalized spacial score (nSPS) is 19.8. The van der Waals surface area contributed by atoms with E-state index < -0.39 is 15.9 Å². The summed E-state index contributed by atoms with van der Waals surface area (Å²) in [4.78, 5) is 28.4. The van der Waals surface area contributed by atoms with Crippen LogP contribution in [0.4, 0.5) is 0 Å². The summed E-state index contributed by atoms with van der Waals surface area (Å²) in [6, 6.07) is 6.13. The molecule has 0 aliphatic carbocycles. The van der Waals surface area contributed by atoms with Crippen LogP contribution in [0.2, 0.25) is 0 Å². The predicted molar refractivity (Wildman–Crippen MR) is 90.6 cm³/mol. The van der Waals surface area contributed by atoms with Crippen LogP contribution in [0.5, 0.6) is 0 Å². The minimum absolute atomic E-state index is 0. The van der Waals surface area contributed by atoms with Crippen molar-refractivity contribution in [2.24, 2.45) is 0 Å². The van der Waals surface area contributed by atoms with Crippen molar-refractivity contribution in [1.82, 2.24) is 14.1 Å². The third-order valence-corrected chi connectivity index (χ3v) is 6.14. The second-order valence-corrected chi connectivity index (χ2v) is 7.64. The van der Waals surface area contributed by atoms with Gasteiger partial charge in [0, 0.05) is 39.1 Å². The monoisotopic (exact) mass is 373 g/mol. The Hall–Kier alpha value is -1.64. The van der Waals surface area contributed by atoms with Gasteiger partial charge in [-0.2, -0.15) is 0 Å². The van der Waals surface area contributed by atoms with Crippen molar-refractivity contribution in [3.05, 3.63) is 29.8 Å². The molecule has 2 amide bonds. The molecule has 2 aliphatic heterocycles. The van der Waals surface area contributed by atoms with Gasteiger partial charge in [0.15, 0.2) is 0 Å². The maximum absolute atomic E-state index is 12.4. The Balaban J connectivity index is 0.00000208. The van der Waals surface area contributed by atoms with Crippen molar-refractivity contribution < 1.29 is 18.0 Å². The van der Waals surface area contributed by atoms with Crippen LogP contribution in [0.25, 0.3) is 0 Å². The van der Waals surface area contributed by atoms with E-state index in [1.807, 2.05) is 7.05 Å². The van der Waals surface area contributed by atoms with E-state index in [1.165, 1.54) is 12.1 Å². The lowest BCUT2D eigenvalue weighted by Crippen LogP contribution is -2.47. The number of carbonyl (C=O) groups is 2. The van der Waals surface area contributed by atoms with Crippen LogP contribution in [0.1, 0.15) is 16.8 Å². The summed E-state index contributed by atoms with van der Waals surface area (Å²) in [5, 5.41) is 0. The van der Waals surface area contributed by atoms with Crippen molar-refractivity contribution in [3.8, 4) is 0 Å². The molecule has 0 unspecified atom stereocenters. The number of rotatable bonds is 3. The van der Waals surface area contributed by atoms with Crippen LogP contribution in [0.3, 0.4) is 0 Å². The van der Waals surface area contributed by atoms with Gasteiger partial charge in [-0.05, 0) is 19.2 Å². The van der Waals surface area contributed by atoms with Crippen LogP contribution in [0, 0.1) is 0 Å². The molecule has 1 saturated heterocycles. The highest BCUT2D eigenvalue weighted by molar-refractivity contribution is 7.90. The highest BCUT2D eigenvalue weighted by atomic mass is 35.5. The largest absolute Gasteiger partial charge is 0.340 e. The highest BCUT2D eigenvalue weighted by Crippen LogP contribution is 2.29. The molecule has 9 heteroatoms. The summed E-state index contributed by atoms with van der Waals surface area (Å²) in [6.07, 6.45) is 0.0165. The zero-order valence-corrected chi connectivity index (χ0v) is 15.0. The Kier molecular flexibility index (Phi) is 5.52. The van der Waals surface area contributed by atoms with Gasteiger partial charge in [0.2, 0.25) is 5.91 Å². The zero-order chi connectivity index (χ0) is 16.6. The smallest absolute Gasteiger partial charge is 0.269 e. The van der Waals surface area contributed by atoms with Gasteiger partial charge >= 0.3 is 0 Å². The van der Waals surface area contributed by atoms with Crippen molar-refractivity contribution in [2.75, 3.05) is 39.8 Å². The van der Waals surface area contributed by atoms with E-state index in [2.05, 4.69) is 4.90 Å². The first kappa shape index (κ1) is 18.7. The maximum Gasteiger partial charge on any atom is 0.269 e. The number of hydrogen-bond donors (Lipinski definition) is 0. The second-order valence-electron chi connectivity index (χ2n) is 5.81. The quantitative estimate of drug-likeness (QED) is 0.767. The fourth-order valence-electron chi connectivity index (χ4n) is 2.86. The van der Waals surface area contributed by atoms with E-state index in [-0.39, 0.29) is 41.7 Å². The first-order valence-corrected chi connectivity index (χ1v) is 8.97. The lowest BCUT2D eigenvalue weighted by atomic mass is 10.2. The van der Waals surface area contributed by atoms with E-state index >= 15 is 0 Å². The minimum Gasteiger partial charge on any atom is -0.340 e. The molecule has 0 aromatic heterocycles. The molecular formula is C15H20ClN3O4S. The average molecular weight is 374 g/mol. The molecule has 0 bridgehead atoms. The van der Waals surface area contributed by atoms with Crippen LogP contribution in [0.15, 0.2) is 29.2 Å². The molecule has 3 rings (SSSR count). The molecule has 0 saturated carbocycles. The van der Waals surface area contributed by atoms with Gasteiger partial charge in [-0.3, -0.25) is 9.59 Å². The number of amides is 2. The molecule has 1 aromatic rings. The van der Waals surface area contributed by atoms with Crippen LogP contribution in [-0.4, -0.2) is 74.1 Å². The Bertz CT molecular complexity index is 745. The van der Waals surface area contributed by atoms with Gasteiger partial charge in [-0.25, -0.2) is 12.7 Å². The van der Waals surface area contributed by atoms with E-state index in [1.54, 1.807) is 17.0 Å². The van der Waals surface area contributed by atoms with E-state index in [4.69, 9.17) is 0 Å². The predicted octanol–water partition coefficient (Wildman–Crippen LogP) is 0.417. The van der Waals surface area contributed by atoms with Gasteiger partial charge in [-0.1, -0.05) is 12.1 Å². The molecule has 1 aromatic carbocycles. The summed E-state index contributed by atoms with van der Waals surface area (Å²) in [5.41, 5.74) is 0.180. The molecular weight excluding hydrogens is 354 g/mol. The average Bonchev–Trinajstić information content (AvgIpc) is 2.73. The summed E-state index contributed by atoms with van der Waals surface area (Å²) in [7, 11) is -1.83. The molecule has 0 radical (unpaired) electrons. The highest BCUT2D eigenvalue weighted by Gasteiger charge is 2.40. The number of sulfonamides is 1. The molecule has 0 N–H and O–H groups in total. The standard InChI is InChI=1S/C15H19N3O4S.ClH/c1-16-8-10-17(11-9-16)14(19)6-7-18-15(20)12-4-2-3-5-13(12)23(18,21)22;/h2-5H,6-11H2,1H3;1H. The van der Waals surface area contributed by atoms with Gasteiger partial charge in [0.25, 0.3) is 15.9 Å². The Morgan fingerprint density at radius 1 is 1.12 bits per heavy atom. The molecule has 1 fully saturated rings. The third kappa shape index (κ3) is 3.26. The van der Waals surface area contributed by atoms with Gasteiger partial charge < -0.3 is 9.80 Å². The van der Waals surface area contributed by atoms with Crippen molar-refractivity contribution in [1.29, 1.82) is 0 Å². The number of halogens is 1. The van der Waals surface area contributed by atoms with Gasteiger partial charge in [0.1, 0.15) is 4.90 Å². The molecule has 24 heavy (non-hydrogen) atoms. The molecule has 132 valence electrons. The fraction of sp³-hybridized carbons (Fsp3) is 0.467. The number of likely N-dealkylation sites (N-methyl/N-ethyl adjacent to an activating group) is 1. The van der Waals surface area contributed by atoms with Gasteiger partial charge in [-0.15, -0.1) is 12.4 Å². The van der Waals surface area contributed by atoms with Crippen LogP contribution in [-0.2, 0) is 14.8 Å². The molecule has 0 spiro atoms. The van der Waals surface area contributed by atoms with Crippen molar-refractivity contribution >= 4 is 34.2 Å². The maximum atomic E-state index is 12.4. The Morgan fingerprint density at radius 3 is 2.38 bits per heavy atom. The summed E-state index contributed by atoms with van der Waals surface area (Å²) < 4.78 is 25.6. The Morgan fingerprint density at radius 2 is 1.75 bits per heavy atom. The number of hydrogen-bond acceptors (Lipinski definition) is 5. The van der Waals surface area contributed by atoms with E-state index in [0.29, 0.717) is 13.1 Å². The zero-order valence-electron chi connectivity index (χ0n) is 13.3. The SMILES string of the molecule is CN1CCN(C(=O)CCN2C(=O)c3ccccc3S2(=O)=O)CC1.Cl. The fourth-order valence-corrected chi connectivity index (χ4v) is 4.43. The van der Waals surface area contributed by atoms with Gasteiger partial charge in [0.05, 0.1) is 5.56 Å². The minimum atomic E-state index is -3.83. The van der Waals surface area contributed by atoms with Crippen molar-refractivity contribution in [2.45, 2.75) is 11.3 Å². The van der Waals surface area contributed by atoms with Crippen LogP contribution >= 0.6 is 12.4 Å². The Labute approximate surface area is 147 Å². The number of benzene rings is 1. The number of piperazine rings is 1. The summed E-state index contributed by atoms with van der Waals surface area (Å²) in [5.74, 6) is -0.663. The van der Waals surface area contributed by atoms with E-state index in [0.717, 1.165) is 17.4 Å². The number of carbonyl (C=O) groups excluding carboxylic acids is 2. The van der Waals surface area contributed by atoms with Crippen LogP contribution < -0.4 is 0 Å². The summed E-state index contributed by atoms with van der Waals surface area (Å²) in [6.45, 7) is 2.77. The van der Waals surface area contributed by atoms with Crippen molar-refractivity contribution in [3.63, 3.8) is 0 Å². The number of fused-ring (bicyclic) bond motifs is 1. The lowest BCUT2D eigenvalue weighted by molar-refractivity contribution is -0.132. The lowest BCUT2D eigenvalue weighted by Gasteiger charge is -2.32. The molecule has 0 atom stereocenters. The molecule has 2 heterocycles. The second kappa shape index (κ2) is 7.08. The topological polar surface area (TPSA) is 78.0 Å². The number of nitrogens with zero attached hydrogens (tertiary/aromatic N) is 3. The molecule has 2 aliphatic rings. The third-order valence-electron chi connectivity index (χ3n) is 4.30. The molecule has 7 nitrogen and oxygen atoms in total. The first-order valence-electron chi connectivity index (χ1n) is 7.53. The summed E-state index contributed by atoms with van der Waals surface area (Å²) >= 11 is 0. The van der Waals surface area contributed by atoms with E-state index in [9.17, 15) is 18.0 Å².